The minimum absolute atomic E-state index is 0.176. The van der Waals surface area contributed by atoms with E-state index >= 15 is 0 Å². The summed E-state index contributed by atoms with van der Waals surface area (Å²) in [7, 11) is 3.14. The zero-order valence-corrected chi connectivity index (χ0v) is 19.9. The van der Waals surface area contributed by atoms with Gasteiger partial charge in [-0.2, -0.15) is 9.97 Å². The Morgan fingerprint density at radius 2 is 1.91 bits per heavy atom. The molecule has 13 heteroatoms. The van der Waals surface area contributed by atoms with Gasteiger partial charge in [-0.05, 0) is 18.6 Å². The average molecular weight is 495 g/mol. The Hall–Kier alpha value is -4.10. The standard InChI is InChI=1S/C22H19FN8O3S/c1-11-5-14(27-21-19-16(25-10-26-21)9-24-22(28-19)35(4)32)18(33-3)8-17(11)34-12-6-13(23)20-15(7-12)29-30-31(20)2/h5-10H,1-4H3,(H,25,26,27). The number of fused-ring (bicyclic) bond motifs is 2. The Kier molecular flexibility index (Phi) is 5.78. The summed E-state index contributed by atoms with van der Waals surface area (Å²) in [6.07, 6.45) is 4.38. The predicted octanol–water partition coefficient (Wildman–Crippen LogP) is 3.43. The lowest BCUT2D eigenvalue weighted by Gasteiger charge is -2.16. The summed E-state index contributed by atoms with van der Waals surface area (Å²) in [5.41, 5.74) is 2.92. The molecule has 5 aromatic rings. The van der Waals surface area contributed by atoms with E-state index in [4.69, 9.17) is 9.47 Å². The van der Waals surface area contributed by atoms with Crippen LogP contribution in [0.25, 0.3) is 22.1 Å². The van der Waals surface area contributed by atoms with Gasteiger partial charge in [0.1, 0.15) is 51.9 Å². The number of nitrogens with one attached hydrogen (secondary N) is 1. The highest BCUT2D eigenvalue weighted by atomic mass is 32.2. The maximum absolute atomic E-state index is 14.5. The average Bonchev–Trinajstić information content (AvgIpc) is 3.21. The zero-order chi connectivity index (χ0) is 24.7. The third-order valence-corrected chi connectivity index (χ3v) is 5.93. The summed E-state index contributed by atoms with van der Waals surface area (Å²) < 4.78 is 39.3. The number of anilines is 2. The summed E-state index contributed by atoms with van der Waals surface area (Å²) >= 11 is -1.36. The van der Waals surface area contributed by atoms with Crippen LogP contribution in [0.1, 0.15) is 5.56 Å². The molecular weight excluding hydrogens is 475 g/mol. The Balaban J connectivity index is 1.50. The first kappa shape index (κ1) is 22.7. The third-order valence-electron chi connectivity index (χ3n) is 5.22. The van der Waals surface area contributed by atoms with Crippen molar-refractivity contribution in [3.63, 3.8) is 0 Å². The van der Waals surface area contributed by atoms with Gasteiger partial charge in [0.2, 0.25) is 0 Å². The largest absolute Gasteiger partial charge is 0.609 e. The van der Waals surface area contributed by atoms with Gasteiger partial charge in [0.05, 0.1) is 19.0 Å². The van der Waals surface area contributed by atoms with Crippen molar-refractivity contribution in [3.8, 4) is 17.2 Å². The summed E-state index contributed by atoms with van der Waals surface area (Å²) in [5, 5.41) is 11.2. The van der Waals surface area contributed by atoms with Gasteiger partial charge >= 0.3 is 5.16 Å². The maximum atomic E-state index is 14.5. The summed E-state index contributed by atoms with van der Waals surface area (Å²) in [6, 6.07) is 6.39. The number of nitrogens with zero attached hydrogens (tertiary/aromatic N) is 7. The van der Waals surface area contributed by atoms with Crippen molar-refractivity contribution in [1.29, 1.82) is 0 Å². The van der Waals surface area contributed by atoms with Crippen molar-refractivity contribution in [3.05, 3.63) is 48.2 Å². The van der Waals surface area contributed by atoms with Gasteiger partial charge in [-0.25, -0.2) is 19.0 Å². The molecule has 3 heterocycles. The molecule has 1 N–H and O–H groups in total. The van der Waals surface area contributed by atoms with Gasteiger partial charge in [0, 0.05) is 36.4 Å². The van der Waals surface area contributed by atoms with Crippen LogP contribution < -0.4 is 14.8 Å². The van der Waals surface area contributed by atoms with E-state index in [-0.39, 0.29) is 10.9 Å². The first-order valence-electron chi connectivity index (χ1n) is 10.3. The second-order valence-electron chi connectivity index (χ2n) is 7.59. The van der Waals surface area contributed by atoms with Crippen LogP contribution in [-0.2, 0) is 18.2 Å². The van der Waals surface area contributed by atoms with Crippen molar-refractivity contribution in [2.45, 2.75) is 12.1 Å². The van der Waals surface area contributed by atoms with Gasteiger partial charge in [0.15, 0.2) is 11.6 Å². The van der Waals surface area contributed by atoms with E-state index in [2.05, 4.69) is 35.6 Å². The van der Waals surface area contributed by atoms with Crippen molar-refractivity contribution < 1.29 is 18.4 Å². The molecule has 2 aromatic carbocycles. The number of methoxy groups -OCH3 is 1. The topological polar surface area (TPSA) is 136 Å². The molecule has 0 radical (unpaired) electrons. The molecule has 1 unspecified atom stereocenters. The predicted molar refractivity (Wildman–Crippen MR) is 127 cm³/mol. The molecule has 178 valence electrons. The number of benzene rings is 2. The van der Waals surface area contributed by atoms with E-state index in [0.29, 0.717) is 45.1 Å². The number of ether oxygens (including phenoxy) is 2. The molecule has 3 aromatic heterocycles. The smallest absolute Gasteiger partial charge is 0.343 e. The lowest BCUT2D eigenvalue weighted by molar-refractivity contribution is 0.410. The Morgan fingerprint density at radius 1 is 1.09 bits per heavy atom. The van der Waals surface area contributed by atoms with Gasteiger partial charge in [-0.15, -0.1) is 5.10 Å². The molecule has 0 spiro atoms. The fourth-order valence-electron chi connectivity index (χ4n) is 3.54. The quantitative estimate of drug-likeness (QED) is 0.276. The Bertz CT molecular complexity index is 1580. The van der Waals surface area contributed by atoms with E-state index < -0.39 is 17.0 Å². The molecule has 35 heavy (non-hydrogen) atoms. The fraction of sp³-hybridized carbons (Fsp3) is 0.182. The first-order valence-corrected chi connectivity index (χ1v) is 11.8. The lowest BCUT2D eigenvalue weighted by atomic mass is 10.1. The first-order chi connectivity index (χ1) is 16.8. The molecule has 0 aliphatic rings. The fourth-order valence-corrected chi connectivity index (χ4v) is 3.97. The van der Waals surface area contributed by atoms with E-state index in [9.17, 15) is 8.94 Å². The highest BCUT2D eigenvalue weighted by Crippen LogP contribution is 2.37. The van der Waals surface area contributed by atoms with Crippen molar-refractivity contribution in [2.24, 2.45) is 7.05 Å². The molecule has 0 saturated carbocycles. The van der Waals surface area contributed by atoms with Crippen LogP contribution in [0.15, 0.2) is 41.9 Å². The van der Waals surface area contributed by atoms with Crippen molar-refractivity contribution in [1.82, 2.24) is 34.9 Å². The third kappa shape index (κ3) is 4.26. The van der Waals surface area contributed by atoms with Crippen LogP contribution in [0.5, 0.6) is 17.2 Å². The van der Waals surface area contributed by atoms with E-state index in [1.165, 1.54) is 36.6 Å². The SMILES string of the molecule is COc1cc(Oc2cc(F)c3c(c2)nnn3C)c(C)cc1Nc1ncnc2cnc([S+](C)[O-])nc12. The van der Waals surface area contributed by atoms with Crippen LogP contribution in [0, 0.1) is 12.7 Å². The number of aromatic nitrogens is 7. The second kappa shape index (κ2) is 8.92. The lowest BCUT2D eigenvalue weighted by Crippen LogP contribution is -2.06. The number of rotatable bonds is 6. The van der Waals surface area contributed by atoms with E-state index in [1.54, 1.807) is 25.2 Å². The minimum Gasteiger partial charge on any atom is -0.609 e. The second-order valence-corrected chi connectivity index (χ2v) is 8.87. The Morgan fingerprint density at radius 3 is 2.69 bits per heavy atom. The summed E-state index contributed by atoms with van der Waals surface area (Å²) in [5.74, 6) is 1.10. The van der Waals surface area contributed by atoms with Gasteiger partial charge in [-0.3, -0.25) is 0 Å². The van der Waals surface area contributed by atoms with E-state index in [1.807, 2.05) is 6.92 Å². The summed E-state index contributed by atoms with van der Waals surface area (Å²) in [6.45, 7) is 1.84. The number of hydrogen-bond donors (Lipinski definition) is 1. The molecule has 0 amide bonds. The molecule has 11 nitrogen and oxygen atoms in total. The Labute approximate surface area is 201 Å². The molecule has 0 saturated heterocycles. The molecule has 1 atom stereocenters. The summed E-state index contributed by atoms with van der Waals surface area (Å²) in [4.78, 5) is 16.9. The van der Waals surface area contributed by atoms with Crippen molar-refractivity contribution >= 4 is 44.7 Å². The van der Waals surface area contributed by atoms with Crippen molar-refractivity contribution in [2.75, 3.05) is 18.7 Å². The molecule has 0 aliphatic carbocycles. The van der Waals surface area contributed by atoms with Gasteiger partial charge in [0.25, 0.3) is 0 Å². The van der Waals surface area contributed by atoms with Gasteiger partial charge in [-0.1, -0.05) is 5.21 Å². The maximum Gasteiger partial charge on any atom is 0.343 e. The molecule has 0 fully saturated rings. The number of hydrogen-bond acceptors (Lipinski definition) is 10. The number of halogens is 1. The molecule has 5 rings (SSSR count). The highest BCUT2D eigenvalue weighted by Gasteiger charge is 2.17. The van der Waals surface area contributed by atoms with Crippen LogP contribution in [0.2, 0.25) is 0 Å². The molecular formula is C22H19FN8O3S. The van der Waals surface area contributed by atoms with Crippen LogP contribution >= 0.6 is 0 Å². The normalized spacial score (nSPS) is 12.2. The minimum atomic E-state index is -1.36. The van der Waals surface area contributed by atoms with Crippen LogP contribution in [0.4, 0.5) is 15.9 Å². The molecule has 0 aliphatic heterocycles. The molecule has 0 bridgehead atoms. The van der Waals surface area contributed by atoms with Gasteiger partial charge < -0.3 is 19.3 Å². The monoisotopic (exact) mass is 494 g/mol. The van der Waals surface area contributed by atoms with Crippen LogP contribution in [-0.4, -0.2) is 52.8 Å². The highest BCUT2D eigenvalue weighted by molar-refractivity contribution is 7.90. The van der Waals surface area contributed by atoms with Crippen LogP contribution in [0.3, 0.4) is 0 Å². The number of aryl methyl sites for hydroxylation is 2. The van der Waals surface area contributed by atoms with E-state index in [0.717, 1.165) is 5.56 Å². The zero-order valence-electron chi connectivity index (χ0n) is 19.1.